The van der Waals surface area contributed by atoms with E-state index in [2.05, 4.69) is 75.4 Å². The van der Waals surface area contributed by atoms with Gasteiger partial charge < -0.3 is 23.1 Å². The van der Waals surface area contributed by atoms with Gasteiger partial charge in [-0.3, -0.25) is 0 Å². The summed E-state index contributed by atoms with van der Waals surface area (Å²) in [6.07, 6.45) is 2.94. The van der Waals surface area contributed by atoms with Gasteiger partial charge in [-0.2, -0.15) is 0 Å². The van der Waals surface area contributed by atoms with Crippen molar-refractivity contribution in [2.45, 2.75) is 130 Å². The van der Waals surface area contributed by atoms with Crippen LogP contribution in [0, 0.1) is 0 Å². The van der Waals surface area contributed by atoms with E-state index in [1.165, 1.54) is 0 Å². The minimum atomic E-state index is -2.18. The fourth-order valence-electron chi connectivity index (χ4n) is 5.29. The zero-order chi connectivity index (χ0) is 31.4. The first-order valence-electron chi connectivity index (χ1n) is 15.4. The molecule has 0 amide bonds. The SMILES string of the molecule is CCOC(=O)/C(=C/C[C@H](COCc1ccc(OC)cc1)O[Si](C(C)C)(C(C)C)C(C)C)CCO[Si](C)(C)C(C)(C)C. The van der Waals surface area contributed by atoms with Crippen LogP contribution in [-0.4, -0.2) is 55.6 Å². The van der Waals surface area contributed by atoms with Crippen LogP contribution < -0.4 is 4.74 Å². The third-order valence-corrected chi connectivity index (χ3v) is 19.3. The molecule has 0 aliphatic carbocycles. The highest BCUT2D eigenvalue weighted by atomic mass is 28.4. The van der Waals surface area contributed by atoms with E-state index < -0.39 is 16.6 Å². The standard InChI is InChI=1S/C33H60O6Si2/c1-14-37-32(34)29(21-22-38-40(12,13)33(8,9)10)17-20-31(39-41(25(2)3,26(4)5)27(6)7)24-36-23-28-15-18-30(35-11)19-16-28/h15-19,25-27,31H,14,20-24H2,1-13H3/b29-17+/t31-/m1/s1. The number of carbonyl (C=O) groups excluding carboxylic acids is 1. The number of methoxy groups -OCH3 is 1. The molecule has 0 heterocycles. The van der Waals surface area contributed by atoms with Crippen molar-refractivity contribution in [2.75, 3.05) is 26.9 Å². The molecule has 1 atom stereocenters. The van der Waals surface area contributed by atoms with E-state index in [9.17, 15) is 4.79 Å². The molecular weight excluding hydrogens is 549 g/mol. The molecule has 41 heavy (non-hydrogen) atoms. The summed E-state index contributed by atoms with van der Waals surface area (Å²) in [7, 11) is -2.43. The summed E-state index contributed by atoms with van der Waals surface area (Å²) in [5, 5.41) is 0.111. The lowest BCUT2D eigenvalue weighted by Gasteiger charge is -2.44. The van der Waals surface area contributed by atoms with Gasteiger partial charge in [0.1, 0.15) is 5.75 Å². The highest BCUT2D eigenvalue weighted by molar-refractivity contribution is 6.77. The Morgan fingerprint density at radius 1 is 0.951 bits per heavy atom. The summed E-state index contributed by atoms with van der Waals surface area (Å²) in [4.78, 5) is 13.0. The molecule has 0 saturated carbocycles. The molecule has 0 aliphatic heterocycles. The second kappa shape index (κ2) is 17.0. The first-order chi connectivity index (χ1) is 19.0. The number of carbonyl (C=O) groups is 1. The molecule has 0 bridgehead atoms. The van der Waals surface area contributed by atoms with Crippen molar-refractivity contribution >= 4 is 22.6 Å². The molecule has 0 unspecified atom stereocenters. The van der Waals surface area contributed by atoms with Gasteiger partial charge in [0, 0.05) is 18.6 Å². The van der Waals surface area contributed by atoms with Crippen LogP contribution in [0.25, 0.3) is 0 Å². The number of esters is 1. The zero-order valence-corrected chi connectivity index (χ0v) is 30.4. The van der Waals surface area contributed by atoms with Crippen LogP contribution in [0.4, 0.5) is 0 Å². The fourth-order valence-corrected chi connectivity index (χ4v) is 11.9. The largest absolute Gasteiger partial charge is 0.497 e. The van der Waals surface area contributed by atoms with Crippen molar-refractivity contribution in [1.82, 2.24) is 0 Å². The summed E-state index contributed by atoms with van der Waals surface area (Å²) in [5.74, 6) is 0.551. The summed E-state index contributed by atoms with van der Waals surface area (Å²) in [6, 6.07) is 7.93. The average Bonchev–Trinajstić information content (AvgIpc) is 2.87. The van der Waals surface area contributed by atoms with Crippen molar-refractivity contribution < 1.29 is 27.9 Å². The second-order valence-corrected chi connectivity index (χ2v) is 23.7. The van der Waals surface area contributed by atoms with Gasteiger partial charge >= 0.3 is 5.97 Å². The van der Waals surface area contributed by atoms with E-state index in [-0.39, 0.29) is 17.1 Å². The van der Waals surface area contributed by atoms with Crippen molar-refractivity contribution in [3.63, 3.8) is 0 Å². The van der Waals surface area contributed by atoms with Gasteiger partial charge in [-0.1, -0.05) is 80.5 Å². The van der Waals surface area contributed by atoms with Gasteiger partial charge in [0.15, 0.2) is 8.32 Å². The smallest absolute Gasteiger partial charge is 0.333 e. The van der Waals surface area contributed by atoms with Gasteiger partial charge in [-0.25, -0.2) is 4.79 Å². The molecule has 0 saturated heterocycles. The van der Waals surface area contributed by atoms with Crippen molar-refractivity contribution in [3.8, 4) is 5.75 Å². The lowest BCUT2D eigenvalue weighted by Crippen LogP contribution is -2.51. The molecule has 0 spiro atoms. The van der Waals surface area contributed by atoms with Crippen molar-refractivity contribution in [3.05, 3.63) is 41.5 Å². The number of hydrogen-bond acceptors (Lipinski definition) is 6. The Hall–Kier alpha value is -1.46. The molecule has 6 nitrogen and oxygen atoms in total. The summed E-state index contributed by atoms with van der Waals surface area (Å²) < 4.78 is 30.5. The maximum absolute atomic E-state index is 13.0. The number of benzene rings is 1. The third-order valence-electron chi connectivity index (χ3n) is 8.61. The van der Waals surface area contributed by atoms with E-state index in [1.807, 2.05) is 37.3 Å². The first kappa shape index (κ1) is 37.6. The highest BCUT2D eigenvalue weighted by Crippen LogP contribution is 2.43. The topological polar surface area (TPSA) is 63.2 Å². The van der Waals surface area contributed by atoms with Crippen LogP contribution in [0.1, 0.15) is 87.6 Å². The van der Waals surface area contributed by atoms with Gasteiger partial charge in [0.2, 0.25) is 8.32 Å². The van der Waals surface area contributed by atoms with E-state index in [0.717, 1.165) is 11.3 Å². The van der Waals surface area contributed by atoms with Crippen molar-refractivity contribution in [2.24, 2.45) is 0 Å². The molecular formula is C33H60O6Si2. The van der Waals surface area contributed by atoms with Gasteiger partial charge in [-0.05, 0) is 65.8 Å². The first-order valence-corrected chi connectivity index (χ1v) is 20.4. The molecule has 1 aromatic carbocycles. The molecule has 8 heteroatoms. The Balaban J connectivity index is 3.21. The molecule has 1 rings (SSSR count). The highest BCUT2D eigenvalue weighted by Gasteiger charge is 2.46. The molecule has 1 aromatic rings. The fraction of sp³-hybridized carbons (Fsp3) is 0.727. The lowest BCUT2D eigenvalue weighted by molar-refractivity contribution is -0.138. The quantitative estimate of drug-likeness (QED) is 0.0941. The third kappa shape index (κ3) is 11.3. The monoisotopic (exact) mass is 608 g/mol. The zero-order valence-electron chi connectivity index (χ0n) is 28.4. The second-order valence-electron chi connectivity index (χ2n) is 13.5. The Morgan fingerprint density at radius 2 is 1.51 bits per heavy atom. The molecule has 0 aromatic heterocycles. The van der Waals surface area contributed by atoms with Crippen LogP contribution in [0.15, 0.2) is 35.9 Å². The predicted molar refractivity (Wildman–Crippen MR) is 176 cm³/mol. The molecule has 236 valence electrons. The van der Waals surface area contributed by atoms with Crippen LogP contribution in [-0.2, 0) is 29.7 Å². The number of ether oxygens (including phenoxy) is 3. The van der Waals surface area contributed by atoms with Crippen molar-refractivity contribution in [1.29, 1.82) is 0 Å². The minimum absolute atomic E-state index is 0.111. The normalized spacial score (nSPS) is 14.2. The summed E-state index contributed by atoms with van der Waals surface area (Å²) in [6.45, 7) is 28.5. The summed E-state index contributed by atoms with van der Waals surface area (Å²) >= 11 is 0. The predicted octanol–water partition coefficient (Wildman–Crippen LogP) is 9.06. The molecule has 0 radical (unpaired) electrons. The van der Waals surface area contributed by atoms with Crippen LogP contribution in [0.2, 0.25) is 34.8 Å². The van der Waals surface area contributed by atoms with Crippen LogP contribution in [0.5, 0.6) is 5.75 Å². The molecule has 0 fully saturated rings. The molecule has 0 N–H and O–H groups in total. The van der Waals surface area contributed by atoms with Crippen LogP contribution in [0.3, 0.4) is 0 Å². The van der Waals surface area contributed by atoms with E-state index in [1.54, 1.807) is 7.11 Å². The average molecular weight is 609 g/mol. The Labute approximate surface area is 253 Å². The van der Waals surface area contributed by atoms with Crippen LogP contribution >= 0.6 is 0 Å². The van der Waals surface area contributed by atoms with Gasteiger partial charge in [0.25, 0.3) is 0 Å². The van der Waals surface area contributed by atoms with Gasteiger partial charge in [0.05, 0.1) is 33.0 Å². The summed E-state index contributed by atoms with van der Waals surface area (Å²) in [5.41, 5.74) is 3.06. The lowest BCUT2D eigenvalue weighted by atomic mass is 10.1. The maximum Gasteiger partial charge on any atom is 0.333 e. The Kier molecular flexibility index (Phi) is 15.6. The van der Waals surface area contributed by atoms with E-state index >= 15 is 0 Å². The number of hydrogen-bond donors (Lipinski definition) is 0. The Bertz CT molecular complexity index is 910. The van der Waals surface area contributed by atoms with E-state index in [4.69, 9.17) is 23.1 Å². The molecule has 0 aliphatic rings. The van der Waals surface area contributed by atoms with E-state index in [0.29, 0.717) is 61.5 Å². The van der Waals surface area contributed by atoms with Gasteiger partial charge in [-0.15, -0.1) is 0 Å². The Morgan fingerprint density at radius 3 is 1.98 bits per heavy atom. The maximum atomic E-state index is 13.0. The number of rotatable bonds is 18. The minimum Gasteiger partial charge on any atom is -0.497 e.